The largest absolute Gasteiger partial charge is 0.335 e. The number of aromatic nitrogens is 4. The van der Waals surface area contributed by atoms with Gasteiger partial charge in [-0.15, -0.1) is 13.2 Å². The lowest BCUT2D eigenvalue weighted by molar-refractivity contribution is 0.0759. The molecule has 0 spiro atoms. The Morgan fingerprint density at radius 3 is 2.47 bits per heavy atom. The first-order chi connectivity index (χ1) is 16.6. The minimum absolute atomic E-state index is 0.0785. The molecule has 0 saturated carbocycles. The van der Waals surface area contributed by atoms with Gasteiger partial charge >= 0.3 is 0 Å². The number of hydrogen-bond acceptors (Lipinski definition) is 3. The molecule has 1 N–H and O–H groups in total. The van der Waals surface area contributed by atoms with Gasteiger partial charge in [0.1, 0.15) is 5.65 Å². The van der Waals surface area contributed by atoms with E-state index in [0.717, 1.165) is 41.7 Å². The molecule has 4 rings (SSSR count). The van der Waals surface area contributed by atoms with Crippen LogP contribution in [0.15, 0.2) is 67.7 Å². The topological polar surface area (TPSA) is 66.8 Å². The van der Waals surface area contributed by atoms with Crippen LogP contribution >= 0.6 is 0 Å². The van der Waals surface area contributed by atoms with Gasteiger partial charge in [-0.1, -0.05) is 45.9 Å². The maximum absolute atomic E-state index is 13.4. The molecule has 1 unspecified atom stereocenters. The Morgan fingerprint density at radius 2 is 1.88 bits per heavy atom. The van der Waals surface area contributed by atoms with Crippen LogP contribution < -0.4 is 0 Å². The standard InChI is InChI=1S/C22H25N5O.2C2H6.C2H4/c1-4-7-15(5-2)20-8-6-11-27(20)22(28)18-14-26(3)21-17(18)9-10-19(25-21)16-12-23-24-13-16;3*1-2/h4-5,7,9-10,12-14,20H,6,8,11H2,1-3H3,(H,23,24);2*1-2H3;1-2H2/b7-4-,15-5+;;;. The van der Waals surface area contributed by atoms with Gasteiger partial charge in [0.2, 0.25) is 0 Å². The quantitative estimate of drug-likeness (QED) is 0.336. The number of aryl methyl sites for hydroxylation is 1. The zero-order valence-electron chi connectivity index (χ0n) is 21.9. The van der Waals surface area contributed by atoms with Crippen LogP contribution in [0.1, 0.15) is 64.7 Å². The van der Waals surface area contributed by atoms with E-state index in [2.05, 4.69) is 35.5 Å². The second-order valence-corrected chi connectivity index (χ2v) is 7.15. The summed E-state index contributed by atoms with van der Waals surface area (Å²) in [7, 11) is 1.93. The zero-order chi connectivity index (χ0) is 25.7. The van der Waals surface area contributed by atoms with Crippen LogP contribution in [0.2, 0.25) is 0 Å². The van der Waals surface area contributed by atoms with Crippen LogP contribution in [0.25, 0.3) is 22.3 Å². The molecule has 1 saturated heterocycles. The Hall–Kier alpha value is -3.41. The summed E-state index contributed by atoms with van der Waals surface area (Å²) in [6.45, 7) is 18.8. The summed E-state index contributed by atoms with van der Waals surface area (Å²) in [6.07, 6.45) is 13.8. The monoisotopic (exact) mass is 463 g/mol. The Balaban J connectivity index is 0.000000894. The lowest BCUT2D eigenvalue weighted by atomic mass is 10.0. The van der Waals surface area contributed by atoms with Crippen molar-refractivity contribution in [3.05, 3.63) is 73.2 Å². The van der Waals surface area contributed by atoms with E-state index >= 15 is 0 Å². The second-order valence-electron chi connectivity index (χ2n) is 7.15. The zero-order valence-corrected chi connectivity index (χ0v) is 21.9. The first-order valence-corrected chi connectivity index (χ1v) is 12.2. The van der Waals surface area contributed by atoms with Crippen molar-refractivity contribution in [1.82, 2.24) is 24.6 Å². The molecule has 6 heteroatoms. The number of rotatable bonds is 4. The molecule has 1 aliphatic heterocycles. The fourth-order valence-corrected chi connectivity index (χ4v) is 4.08. The van der Waals surface area contributed by atoms with Crippen molar-refractivity contribution in [2.24, 2.45) is 7.05 Å². The van der Waals surface area contributed by atoms with Crippen molar-refractivity contribution in [2.75, 3.05) is 6.54 Å². The third kappa shape index (κ3) is 6.13. The van der Waals surface area contributed by atoms with Crippen molar-refractivity contribution in [1.29, 1.82) is 0 Å². The molecule has 4 heterocycles. The van der Waals surface area contributed by atoms with Crippen LogP contribution in [0.3, 0.4) is 0 Å². The van der Waals surface area contributed by atoms with Gasteiger partial charge in [-0.05, 0) is 44.4 Å². The molecule has 34 heavy (non-hydrogen) atoms. The highest BCUT2D eigenvalue weighted by Crippen LogP contribution is 2.30. The number of aromatic amines is 1. The lowest BCUT2D eigenvalue weighted by Gasteiger charge is -2.25. The maximum Gasteiger partial charge on any atom is 0.256 e. The molecule has 184 valence electrons. The normalized spacial score (nSPS) is 15.2. The summed E-state index contributed by atoms with van der Waals surface area (Å²) in [4.78, 5) is 20.2. The summed E-state index contributed by atoms with van der Waals surface area (Å²) in [6, 6.07) is 4.08. The van der Waals surface area contributed by atoms with Gasteiger partial charge in [0, 0.05) is 36.9 Å². The van der Waals surface area contributed by atoms with Crippen molar-refractivity contribution < 1.29 is 4.79 Å². The molecule has 0 aliphatic carbocycles. The van der Waals surface area contributed by atoms with Gasteiger partial charge in [0.05, 0.1) is 23.5 Å². The van der Waals surface area contributed by atoms with Gasteiger partial charge in [0.25, 0.3) is 5.91 Å². The molecule has 6 nitrogen and oxygen atoms in total. The van der Waals surface area contributed by atoms with Crippen LogP contribution in [0.5, 0.6) is 0 Å². The molecular formula is C28H41N5O. The first-order valence-electron chi connectivity index (χ1n) is 12.2. The SMILES string of the molecule is C/C=C\C(=C/C)C1CCCN1C(=O)c1cn(C)c2nc(-c3cn[nH]c3)ccc12.C=C.CC.CC. The number of amides is 1. The third-order valence-corrected chi connectivity index (χ3v) is 5.44. The molecular weight excluding hydrogens is 422 g/mol. The number of fused-ring (bicyclic) bond motifs is 1. The van der Waals surface area contributed by atoms with E-state index in [-0.39, 0.29) is 11.9 Å². The number of nitrogens with zero attached hydrogens (tertiary/aromatic N) is 4. The molecule has 0 radical (unpaired) electrons. The van der Waals surface area contributed by atoms with Crippen molar-refractivity contribution in [3.8, 4) is 11.3 Å². The highest BCUT2D eigenvalue weighted by molar-refractivity contribution is 6.06. The summed E-state index contributed by atoms with van der Waals surface area (Å²) >= 11 is 0. The fourth-order valence-electron chi connectivity index (χ4n) is 4.08. The number of pyridine rings is 1. The van der Waals surface area contributed by atoms with Crippen LogP contribution in [0.4, 0.5) is 0 Å². The Bertz CT molecular complexity index is 1080. The number of hydrogen-bond donors (Lipinski definition) is 1. The van der Waals surface area contributed by atoms with Gasteiger partial charge in [0.15, 0.2) is 0 Å². The average Bonchev–Trinajstić information content (AvgIpc) is 3.66. The van der Waals surface area contributed by atoms with E-state index in [0.29, 0.717) is 5.56 Å². The molecule has 1 amide bonds. The van der Waals surface area contributed by atoms with E-state index in [1.54, 1.807) is 6.20 Å². The molecule has 1 fully saturated rings. The predicted octanol–water partition coefficient (Wildman–Crippen LogP) is 6.95. The van der Waals surface area contributed by atoms with Crippen LogP contribution in [-0.2, 0) is 7.05 Å². The minimum Gasteiger partial charge on any atom is -0.335 e. The smallest absolute Gasteiger partial charge is 0.256 e. The highest BCUT2D eigenvalue weighted by Gasteiger charge is 2.32. The van der Waals surface area contributed by atoms with Gasteiger partial charge in [-0.2, -0.15) is 5.10 Å². The number of carbonyl (C=O) groups is 1. The van der Waals surface area contributed by atoms with E-state index < -0.39 is 0 Å². The van der Waals surface area contributed by atoms with E-state index in [9.17, 15) is 4.79 Å². The summed E-state index contributed by atoms with van der Waals surface area (Å²) < 4.78 is 1.93. The molecule has 3 aromatic rings. The molecule has 1 aliphatic rings. The third-order valence-electron chi connectivity index (χ3n) is 5.44. The van der Waals surface area contributed by atoms with Crippen molar-refractivity contribution >= 4 is 16.9 Å². The molecule has 0 aromatic carbocycles. The van der Waals surface area contributed by atoms with Crippen LogP contribution in [-0.4, -0.2) is 43.1 Å². The number of nitrogens with one attached hydrogen (secondary N) is 1. The second kappa shape index (κ2) is 14.7. The van der Waals surface area contributed by atoms with Gasteiger partial charge in [-0.25, -0.2) is 4.98 Å². The first kappa shape index (κ1) is 28.6. The van der Waals surface area contributed by atoms with E-state index in [1.807, 2.05) is 88.7 Å². The van der Waals surface area contributed by atoms with E-state index in [1.165, 1.54) is 5.57 Å². The molecule has 1 atom stereocenters. The lowest BCUT2D eigenvalue weighted by Crippen LogP contribution is -2.36. The minimum atomic E-state index is 0.0785. The number of H-pyrrole nitrogens is 1. The van der Waals surface area contributed by atoms with Gasteiger partial charge < -0.3 is 9.47 Å². The van der Waals surface area contributed by atoms with E-state index in [4.69, 9.17) is 4.98 Å². The summed E-state index contributed by atoms with van der Waals surface area (Å²) in [5.41, 5.74) is 4.49. The van der Waals surface area contributed by atoms with Crippen molar-refractivity contribution in [3.63, 3.8) is 0 Å². The Labute approximate surface area is 205 Å². The summed E-state index contributed by atoms with van der Waals surface area (Å²) in [5.74, 6) is 0.0785. The highest BCUT2D eigenvalue weighted by atomic mass is 16.2. The summed E-state index contributed by atoms with van der Waals surface area (Å²) in [5, 5.41) is 7.69. The number of allylic oxidation sites excluding steroid dienone is 2. The Kier molecular flexibility index (Phi) is 12.4. The number of likely N-dealkylation sites (tertiary alicyclic amines) is 1. The van der Waals surface area contributed by atoms with Crippen LogP contribution in [0, 0.1) is 0 Å². The van der Waals surface area contributed by atoms with Gasteiger partial charge in [-0.3, -0.25) is 9.89 Å². The fraction of sp³-hybridized carbons (Fsp3) is 0.393. The predicted molar refractivity (Wildman–Crippen MR) is 145 cm³/mol. The Morgan fingerprint density at radius 1 is 1.18 bits per heavy atom. The number of carbonyl (C=O) groups excluding carboxylic acids is 1. The van der Waals surface area contributed by atoms with Crippen molar-refractivity contribution in [2.45, 2.75) is 60.4 Å². The molecule has 3 aromatic heterocycles. The average molecular weight is 464 g/mol. The maximum atomic E-state index is 13.4. The molecule has 0 bridgehead atoms.